The standard InChI is InChI=1S/C13H15F3O5/c1-2-21-11(19)6-10(18)12(20)7-3-4-9(17)8(5-7)13(14,15)16/h3-5,10,12,17-18,20H,2,6H2,1H3. The Morgan fingerprint density at radius 3 is 2.48 bits per heavy atom. The van der Waals surface area contributed by atoms with Gasteiger partial charge in [0.15, 0.2) is 0 Å². The molecule has 0 saturated carbocycles. The Morgan fingerprint density at radius 2 is 1.95 bits per heavy atom. The van der Waals surface area contributed by atoms with Gasteiger partial charge in [-0.15, -0.1) is 0 Å². The topological polar surface area (TPSA) is 87.0 Å². The first-order valence-corrected chi connectivity index (χ1v) is 6.08. The number of aromatic hydroxyl groups is 1. The second-order valence-electron chi connectivity index (χ2n) is 4.30. The Bertz CT molecular complexity index is 501. The van der Waals surface area contributed by atoms with Gasteiger partial charge in [-0.25, -0.2) is 0 Å². The fourth-order valence-electron chi connectivity index (χ4n) is 1.69. The Balaban J connectivity index is 2.92. The number of phenolic OH excluding ortho intramolecular Hbond substituents is 1. The molecule has 0 aliphatic carbocycles. The molecule has 0 heterocycles. The van der Waals surface area contributed by atoms with Crippen LogP contribution in [0.5, 0.6) is 5.75 Å². The summed E-state index contributed by atoms with van der Waals surface area (Å²) in [7, 11) is 0. The average molecular weight is 308 g/mol. The number of alkyl halides is 3. The van der Waals surface area contributed by atoms with Crippen molar-refractivity contribution in [2.75, 3.05) is 6.61 Å². The average Bonchev–Trinajstić information content (AvgIpc) is 2.37. The van der Waals surface area contributed by atoms with Crippen LogP contribution in [0.4, 0.5) is 13.2 Å². The number of ether oxygens (including phenoxy) is 1. The molecule has 2 atom stereocenters. The van der Waals surface area contributed by atoms with Crippen LogP contribution in [0.3, 0.4) is 0 Å². The Hall–Kier alpha value is -1.80. The van der Waals surface area contributed by atoms with Crippen LogP contribution in [-0.2, 0) is 15.7 Å². The normalized spacial score (nSPS) is 14.6. The highest BCUT2D eigenvalue weighted by Gasteiger charge is 2.35. The number of carbonyl (C=O) groups excluding carboxylic acids is 1. The number of aliphatic hydroxyl groups is 2. The van der Waals surface area contributed by atoms with E-state index in [-0.39, 0.29) is 12.2 Å². The van der Waals surface area contributed by atoms with Gasteiger partial charge in [-0.1, -0.05) is 6.07 Å². The number of phenols is 1. The fourth-order valence-corrected chi connectivity index (χ4v) is 1.69. The third-order valence-corrected chi connectivity index (χ3v) is 2.71. The lowest BCUT2D eigenvalue weighted by molar-refractivity contribution is -0.147. The van der Waals surface area contributed by atoms with Crippen molar-refractivity contribution in [3.8, 4) is 5.75 Å². The van der Waals surface area contributed by atoms with Crippen LogP contribution in [0.15, 0.2) is 18.2 Å². The Labute approximate surface area is 118 Å². The van der Waals surface area contributed by atoms with Crippen LogP contribution in [0.25, 0.3) is 0 Å². The summed E-state index contributed by atoms with van der Waals surface area (Å²) < 4.78 is 42.4. The SMILES string of the molecule is CCOC(=O)CC(O)C(O)c1ccc(O)c(C(F)(F)F)c1. The molecule has 0 fully saturated rings. The van der Waals surface area contributed by atoms with E-state index in [2.05, 4.69) is 4.74 Å². The minimum Gasteiger partial charge on any atom is -0.507 e. The molecule has 1 aromatic rings. The monoisotopic (exact) mass is 308 g/mol. The molecule has 2 unspecified atom stereocenters. The number of rotatable bonds is 5. The lowest BCUT2D eigenvalue weighted by Gasteiger charge is -2.19. The van der Waals surface area contributed by atoms with E-state index in [1.165, 1.54) is 0 Å². The van der Waals surface area contributed by atoms with E-state index in [1.807, 2.05) is 0 Å². The zero-order valence-electron chi connectivity index (χ0n) is 11.1. The molecule has 21 heavy (non-hydrogen) atoms. The van der Waals surface area contributed by atoms with E-state index >= 15 is 0 Å². The number of hydrogen-bond donors (Lipinski definition) is 3. The third-order valence-electron chi connectivity index (χ3n) is 2.71. The Kier molecular flexibility index (Phi) is 5.56. The van der Waals surface area contributed by atoms with E-state index in [1.54, 1.807) is 6.92 Å². The van der Waals surface area contributed by atoms with E-state index in [9.17, 15) is 28.2 Å². The summed E-state index contributed by atoms with van der Waals surface area (Å²) in [5.41, 5.74) is -1.60. The summed E-state index contributed by atoms with van der Waals surface area (Å²) >= 11 is 0. The Morgan fingerprint density at radius 1 is 1.33 bits per heavy atom. The summed E-state index contributed by atoms with van der Waals surface area (Å²) in [5.74, 6) is -1.77. The van der Waals surface area contributed by atoms with Crippen LogP contribution in [0.1, 0.15) is 30.6 Å². The van der Waals surface area contributed by atoms with Gasteiger partial charge in [0.25, 0.3) is 0 Å². The zero-order valence-corrected chi connectivity index (χ0v) is 11.1. The fraction of sp³-hybridized carbons (Fsp3) is 0.462. The lowest BCUT2D eigenvalue weighted by atomic mass is 9.99. The smallest absolute Gasteiger partial charge is 0.419 e. The van der Waals surface area contributed by atoms with Crippen LogP contribution in [-0.4, -0.2) is 34.0 Å². The highest BCUT2D eigenvalue weighted by molar-refractivity contribution is 5.70. The van der Waals surface area contributed by atoms with Gasteiger partial charge >= 0.3 is 12.1 Å². The molecule has 1 aromatic carbocycles. The second-order valence-corrected chi connectivity index (χ2v) is 4.30. The van der Waals surface area contributed by atoms with Gasteiger partial charge in [-0.05, 0) is 24.6 Å². The third kappa shape index (κ3) is 4.61. The van der Waals surface area contributed by atoms with Crippen molar-refractivity contribution in [2.24, 2.45) is 0 Å². The lowest BCUT2D eigenvalue weighted by Crippen LogP contribution is -2.23. The van der Waals surface area contributed by atoms with Crippen LogP contribution in [0, 0.1) is 0 Å². The summed E-state index contributed by atoms with van der Waals surface area (Å²) in [4.78, 5) is 11.2. The molecular weight excluding hydrogens is 293 g/mol. The number of hydrogen-bond acceptors (Lipinski definition) is 5. The molecule has 1 rings (SSSR count). The summed E-state index contributed by atoms with van der Waals surface area (Å²) in [6.45, 7) is 1.63. The van der Waals surface area contributed by atoms with Gasteiger partial charge in [-0.2, -0.15) is 13.2 Å². The summed E-state index contributed by atoms with van der Waals surface area (Å²) in [6.07, 6.45) is -8.69. The maximum atomic E-state index is 12.6. The quantitative estimate of drug-likeness (QED) is 0.722. The van der Waals surface area contributed by atoms with Gasteiger partial charge in [0, 0.05) is 0 Å². The molecule has 0 aliphatic heterocycles. The van der Waals surface area contributed by atoms with Crippen LogP contribution >= 0.6 is 0 Å². The van der Waals surface area contributed by atoms with Gasteiger partial charge < -0.3 is 20.1 Å². The molecule has 5 nitrogen and oxygen atoms in total. The predicted octanol–water partition coefficient (Wildman–Crippen LogP) is 1.76. The first kappa shape index (κ1) is 17.3. The minimum absolute atomic E-state index is 0.0824. The first-order chi connectivity index (χ1) is 9.66. The van der Waals surface area contributed by atoms with Crippen molar-refractivity contribution in [3.63, 3.8) is 0 Å². The van der Waals surface area contributed by atoms with E-state index < -0.39 is 42.1 Å². The van der Waals surface area contributed by atoms with Gasteiger partial charge in [-0.3, -0.25) is 4.79 Å². The second kappa shape index (κ2) is 6.77. The van der Waals surface area contributed by atoms with Crippen molar-refractivity contribution in [1.29, 1.82) is 0 Å². The minimum atomic E-state index is -4.80. The number of carbonyl (C=O) groups is 1. The van der Waals surface area contributed by atoms with Crippen LogP contribution < -0.4 is 0 Å². The van der Waals surface area contributed by atoms with E-state index in [0.29, 0.717) is 6.07 Å². The maximum absolute atomic E-state index is 12.6. The maximum Gasteiger partial charge on any atom is 0.419 e. The molecule has 8 heteroatoms. The first-order valence-electron chi connectivity index (χ1n) is 6.08. The molecule has 0 spiro atoms. The zero-order chi connectivity index (χ0) is 16.2. The number of halogens is 3. The van der Waals surface area contributed by atoms with Crippen LogP contribution in [0.2, 0.25) is 0 Å². The van der Waals surface area contributed by atoms with Crippen molar-refractivity contribution >= 4 is 5.97 Å². The van der Waals surface area contributed by atoms with Gasteiger partial charge in [0.2, 0.25) is 0 Å². The predicted molar refractivity (Wildman–Crippen MR) is 65.3 cm³/mol. The van der Waals surface area contributed by atoms with Crippen molar-refractivity contribution in [1.82, 2.24) is 0 Å². The molecule has 0 aliphatic rings. The van der Waals surface area contributed by atoms with E-state index in [0.717, 1.165) is 12.1 Å². The molecule has 0 amide bonds. The van der Waals surface area contributed by atoms with Gasteiger partial charge in [0.05, 0.1) is 24.7 Å². The molecular formula is C13H15F3O5. The number of esters is 1. The highest BCUT2D eigenvalue weighted by Crippen LogP contribution is 2.37. The summed E-state index contributed by atoms with van der Waals surface area (Å²) in [6, 6.07) is 2.32. The van der Waals surface area contributed by atoms with Crippen molar-refractivity contribution in [2.45, 2.75) is 31.7 Å². The molecule has 0 radical (unpaired) electrons. The van der Waals surface area contributed by atoms with E-state index in [4.69, 9.17) is 5.11 Å². The number of aliphatic hydroxyl groups excluding tert-OH is 2. The van der Waals surface area contributed by atoms with Gasteiger partial charge in [0.1, 0.15) is 11.9 Å². The van der Waals surface area contributed by atoms with Crippen molar-refractivity contribution in [3.05, 3.63) is 29.3 Å². The molecule has 0 aromatic heterocycles. The van der Waals surface area contributed by atoms with Crippen molar-refractivity contribution < 1.29 is 38.0 Å². The molecule has 0 saturated heterocycles. The largest absolute Gasteiger partial charge is 0.507 e. The number of benzene rings is 1. The molecule has 3 N–H and O–H groups in total. The summed E-state index contributed by atoms with van der Waals surface area (Å²) in [5, 5.41) is 28.6. The molecule has 118 valence electrons. The molecule has 0 bridgehead atoms. The highest BCUT2D eigenvalue weighted by atomic mass is 19.4.